The number of hydrogen-bond donors (Lipinski definition) is 1. The normalized spacial score (nSPS) is 10.6. The zero-order chi connectivity index (χ0) is 17.1. The second kappa shape index (κ2) is 6.57. The van der Waals surface area contributed by atoms with E-state index in [0.717, 1.165) is 34.1 Å². The molecule has 0 saturated heterocycles. The summed E-state index contributed by atoms with van der Waals surface area (Å²) in [5, 5.41) is 0. The number of benzene rings is 1. The number of hydrogen-bond acceptors (Lipinski definition) is 4. The van der Waals surface area contributed by atoms with Crippen LogP contribution in [-0.4, -0.2) is 19.9 Å². The van der Waals surface area contributed by atoms with Gasteiger partial charge in [-0.15, -0.1) is 0 Å². The Labute approximate surface area is 145 Å². The third-order valence-electron chi connectivity index (χ3n) is 3.80. The number of H-pyrrole nitrogens is 1. The summed E-state index contributed by atoms with van der Waals surface area (Å²) in [5.41, 5.74) is 3.74. The Bertz CT molecular complexity index is 964. The predicted octanol–water partition coefficient (Wildman–Crippen LogP) is 4.63. The minimum absolute atomic E-state index is 0.552. The van der Waals surface area contributed by atoms with E-state index < -0.39 is 0 Å². The Kier molecular flexibility index (Phi) is 3.96. The molecule has 0 spiro atoms. The number of rotatable bonds is 4. The van der Waals surface area contributed by atoms with Crippen LogP contribution in [0.3, 0.4) is 0 Å². The van der Waals surface area contributed by atoms with Gasteiger partial charge in [0.1, 0.15) is 11.6 Å². The fourth-order valence-corrected chi connectivity index (χ4v) is 2.57. The first-order valence-corrected chi connectivity index (χ1v) is 7.96. The molecule has 0 saturated carbocycles. The second-order valence-electron chi connectivity index (χ2n) is 5.60. The molecule has 25 heavy (non-hydrogen) atoms. The lowest BCUT2D eigenvalue weighted by Crippen LogP contribution is -1.89. The average molecular weight is 328 g/mol. The van der Waals surface area contributed by atoms with Crippen molar-refractivity contribution in [3.63, 3.8) is 0 Å². The van der Waals surface area contributed by atoms with Crippen LogP contribution in [0.4, 0.5) is 0 Å². The number of nitrogens with one attached hydrogen (secondary N) is 1. The molecule has 0 aliphatic heterocycles. The van der Waals surface area contributed by atoms with Crippen molar-refractivity contribution in [2.24, 2.45) is 0 Å². The number of nitrogens with zero attached hydrogens (tertiary/aromatic N) is 3. The highest BCUT2D eigenvalue weighted by Crippen LogP contribution is 2.26. The number of aromatic nitrogens is 4. The van der Waals surface area contributed by atoms with Crippen molar-refractivity contribution in [3.8, 4) is 34.3 Å². The van der Waals surface area contributed by atoms with E-state index in [9.17, 15) is 0 Å². The van der Waals surface area contributed by atoms with Crippen LogP contribution in [0.25, 0.3) is 22.6 Å². The summed E-state index contributed by atoms with van der Waals surface area (Å²) < 4.78 is 5.73. The molecule has 3 aromatic heterocycles. The lowest BCUT2D eigenvalue weighted by atomic mass is 10.2. The molecule has 0 aliphatic carbocycles. The molecule has 0 bridgehead atoms. The van der Waals surface area contributed by atoms with E-state index in [1.807, 2.05) is 61.5 Å². The fraction of sp³-hybridized carbons (Fsp3) is 0.0500. The van der Waals surface area contributed by atoms with E-state index in [1.54, 1.807) is 18.6 Å². The van der Waals surface area contributed by atoms with Gasteiger partial charge in [0.2, 0.25) is 5.88 Å². The van der Waals surface area contributed by atoms with Crippen LogP contribution in [0.5, 0.6) is 11.6 Å². The van der Waals surface area contributed by atoms with Crippen LogP contribution >= 0.6 is 0 Å². The first-order valence-electron chi connectivity index (χ1n) is 7.96. The van der Waals surface area contributed by atoms with Gasteiger partial charge in [-0.3, -0.25) is 4.98 Å². The fourth-order valence-electron chi connectivity index (χ4n) is 2.57. The van der Waals surface area contributed by atoms with Gasteiger partial charge in [-0.1, -0.05) is 18.2 Å². The Morgan fingerprint density at radius 3 is 2.48 bits per heavy atom. The minimum Gasteiger partial charge on any atom is -0.439 e. The van der Waals surface area contributed by atoms with Crippen molar-refractivity contribution >= 4 is 0 Å². The number of para-hydroxylation sites is 1. The smallest absolute Gasteiger partial charge is 0.219 e. The molecule has 3 heterocycles. The lowest BCUT2D eigenvalue weighted by molar-refractivity contribution is 0.463. The van der Waals surface area contributed by atoms with Gasteiger partial charge in [-0.2, -0.15) is 0 Å². The number of aromatic amines is 1. The molecule has 4 rings (SSSR count). The van der Waals surface area contributed by atoms with Crippen LogP contribution in [-0.2, 0) is 0 Å². The number of ether oxygens (including phenoxy) is 1. The van der Waals surface area contributed by atoms with Crippen molar-refractivity contribution < 1.29 is 4.74 Å². The van der Waals surface area contributed by atoms with E-state index in [1.165, 1.54) is 0 Å². The predicted molar refractivity (Wildman–Crippen MR) is 96.3 cm³/mol. The third kappa shape index (κ3) is 3.26. The topological polar surface area (TPSA) is 63.7 Å². The molecule has 5 nitrogen and oxygen atoms in total. The summed E-state index contributed by atoms with van der Waals surface area (Å²) in [4.78, 5) is 16.5. The average Bonchev–Trinajstić information content (AvgIpc) is 3.06. The van der Waals surface area contributed by atoms with Gasteiger partial charge in [0.15, 0.2) is 0 Å². The van der Waals surface area contributed by atoms with E-state index in [0.29, 0.717) is 5.88 Å². The summed E-state index contributed by atoms with van der Waals surface area (Å²) >= 11 is 0. The number of imidazole rings is 1. The molecule has 122 valence electrons. The van der Waals surface area contributed by atoms with E-state index in [-0.39, 0.29) is 0 Å². The largest absolute Gasteiger partial charge is 0.439 e. The van der Waals surface area contributed by atoms with Gasteiger partial charge in [0.05, 0.1) is 5.69 Å². The van der Waals surface area contributed by atoms with E-state index >= 15 is 0 Å². The van der Waals surface area contributed by atoms with Crippen molar-refractivity contribution in [3.05, 3.63) is 78.9 Å². The first-order chi connectivity index (χ1) is 12.3. The third-order valence-corrected chi connectivity index (χ3v) is 3.80. The minimum atomic E-state index is 0.552. The van der Waals surface area contributed by atoms with Crippen molar-refractivity contribution in [1.82, 2.24) is 19.9 Å². The maximum absolute atomic E-state index is 5.73. The summed E-state index contributed by atoms with van der Waals surface area (Å²) in [6.45, 7) is 2.00. The number of pyridine rings is 2. The van der Waals surface area contributed by atoms with Crippen LogP contribution < -0.4 is 4.74 Å². The first kappa shape index (κ1) is 15.1. The molecular weight excluding hydrogens is 312 g/mol. The zero-order valence-corrected chi connectivity index (χ0v) is 13.7. The zero-order valence-electron chi connectivity index (χ0n) is 13.7. The Balaban J connectivity index is 1.59. The SMILES string of the molecule is Cc1[nH]c(-c2cccnc2)nc1-c1ccc(Oc2ccccc2)nc1. The van der Waals surface area contributed by atoms with Crippen LogP contribution in [0.2, 0.25) is 0 Å². The monoisotopic (exact) mass is 328 g/mol. The summed E-state index contributed by atoms with van der Waals surface area (Å²) in [6.07, 6.45) is 5.31. The maximum Gasteiger partial charge on any atom is 0.219 e. The van der Waals surface area contributed by atoms with Gasteiger partial charge in [-0.05, 0) is 37.3 Å². The van der Waals surface area contributed by atoms with E-state index in [4.69, 9.17) is 4.74 Å². The molecule has 0 atom stereocenters. The summed E-state index contributed by atoms with van der Waals surface area (Å²) in [6, 6.07) is 17.3. The van der Waals surface area contributed by atoms with Crippen molar-refractivity contribution in [1.29, 1.82) is 0 Å². The van der Waals surface area contributed by atoms with Gasteiger partial charge < -0.3 is 9.72 Å². The summed E-state index contributed by atoms with van der Waals surface area (Å²) in [7, 11) is 0. The highest BCUT2D eigenvalue weighted by molar-refractivity contribution is 5.66. The van der Waals surface area contributed by atoms with Gasteiger partial charge in [-0.25, -0.2) is 9.97 Å². The molecule has 0 radical (unpaired) electrons. The lowest BCUT2D eigenvalue weighted by Gasteiger charge is -2.05. The van der Waals surface area contributed by atoms with Gasteiger partial charge in [0, 0.05) is 41.5 Å². The molecule has 5 heteroatoms. The van der Waals surface area contributed by atoms with Crippen LogP contribution in [0.15, 0.2) is 73.2 Å². The Morgan fingerprint density at radius 1 is 0.880 bits per heavy atom. The molecule has 0 amide bonds. The van der Waals surface area contributed by atoms with E-state index in [2.05, 4.69) is 19.9 Å². The van der Waals surface area contributed by atoms with Crippen molar-refractivity contribution in [2.45, 2.75) is 6.92 Å². The quantitative estimate of drug-likeness (QED) is 0.593. The molecular formula is C20H16N4O. The highest BCUT2D eigenvalue weighted by Gasteiger charge is 2.11. The van der Waals surface area contributed by atoms with Crippen LogP contribution in [0, 0.1) is 6.92 Å². The highest BCUT2D eigenvalue weighted by atomic mass is 16.5. The number of aryl methyl sites for hydroxylation is 1. The Morgan fingerprint density at radius 2 is 1.76 bits per heavy atom. The van der Waals surface area contributed by atoms with Crippen LogP contribution in [0.1, 0.15) is 5.69 Å². The molecule has 0 fully saturated rings. The maximum atomic E-state index is 5.73. The van der Waals surface area contributed by atoms with Crippen molar-refractivity contribution in [2.75, 3.05) is 0 Å². The molecule has 1 N–H and O–H groups in total. The molecule has 0 unspecified atom stereocenters. The Hall–Kier alpha value is -3.47. The van der Waals surface area contributed by atoms with Gasteiger partial charge >= 0.3 is 0 Å². The summed E-state index contributed by atoms with van der Waals surface area (Å²) in [5.74, 6) is 2.11. The molecule has 0 aliphatic rings. The molecule has 4 aromatic rings. The van der Waals surface area contributed by atoms with Gasteiger partial charge in [0.25, 0.3) is 0 Å². The standard InChI is InChI=1S/C20H16N4O/c1-14-19(24-20(23-14)16-6-5-11-21-12-16)15-9-10-18(22-13-15)25-17-7-3-2-4-8-17/h2-13H,1H3,(H,23,24). The molecule has 1 aromatic carbocycles. The second-order valence-corrected chi connectivity index (χ2v) is 5.60.